The van der Waals surface area contributed by atoms with E-state index in [9.17, 15) is 0 Å². The van der Waals surface area contributed by atoms with E-state index in [2.05, 4.69) is 64.1 Å². The summed E-state index contributed by atoms with van der Waals surface area (Å²) in [4.78, 5) is 1.97. The van der Waals surface area contributed by atoms with Gasteiger partial charge in [-0.15, -0.1) is 0 Å². The van der Waals surface area contributed by atoms with Gasteiger partial charge in [-0.3, -0.25) is 0 Å². The number of rotatable bonds is 4. The first-order chi connectivity index (χ1) is 10.9. The van der Waals surface area contributed by atoms with Gasteiger partial charge in [0, 0.05) is 0 Å². The van der Waals surface area contributed by atoms with E-state index >= 15 is 0 Å². The maximum absolute atomic E-state index is 2.39. The summed E-state index contributed by atoms with van der Waals surface area (Å²) in [5, 5.41) is 0. The lowest BCUT2D eigenvalue weighted by atomic mass is 10.0. The fraction of sp³-hybridized carbons (Fsp3) is 0.909. The quantitative estimate of drug-likeness (QED) is 0.231. The van der Waals surface area contributed by atoms with E-state index in [4.69, 9.17) is 0 Å². The van der Waals surface area contributed by atoms with Gasteiger partial charge >= 0.3 is 0 Å². The molecule has 1 rings (SSSR count). The first-order valence-electron chi connectivity index (χ1n) is 9.96. The van der Waals surface area contributed by atoms with Crippen molar-refractivity contribution in [2.24, 2.45) is 5.41 Å². The molecule has 1 aliphatic rings. The molecule has 0 aromatic heterocycles. The summed E-state index contributed by atoms with van der Waals surface area (Å²) in [6, 6.07) is 0. The highest BCUT2D eigenvalue weighted by Crippen LogP contribution is 2.48. The van der Waals surface area contributed by atoms with Crippen LogP contribution in [0.2, 0.25) is 0 Å². The van der Waals surface area contributed by atoms with Crippen LogP contribution in [0, 0.1) is 5.41 Å². The second-order valence-corrected chi connectivity index (χ2v) is 5.59. The van der Waals surface area contributed by atoms with E-state index in [0.29, 0.717) is 0 Å². The molecule has 0 atom stereocenters. The van der Waals surface area contributed by atoms with Gasteiger partial charge in [-0.05, 0) is 56.8 Å². The first kappa shape index (κ1) is 34.7. The number of alkyl halides is 1. The van der Waals surface area contributed by atoms with Crippen LogP contribution in [0.3, 0.4) is 0 Å². The van der Waals surface area contributed by atoms with E-state index in [-0.39, 0.29) is 0 Å². The SMILES string of the molecule is CC.CC.CC.CCCC(C)=C(C)C.CCCC1(C)CC1.CI. The Morgan fingerprint density at radius 2 is 1.13 bits per heavy atom. The minimum atomic E-state index is 0.800. The largest absolute Gasteiger partial charge is 0.0901 e. The van der Waals surface area contributed by atoms with Crippen LogP contribution in [0.15, 0.2) is 11.1 Å². The van der Waals surface area contributed by atoms with Crippen LogP contribution in [0.5, 0.6) is 0 Å². The molecule has 1 aliphatic carbocycles. The molecule has 0 heterocycles. The monoisotopic (exact) mass is 442 g/mol. The molecule has 146 valence electrons. The summed E-state index contributed by atoms with van der Waals surface area (Å²) in [6.07, 6.45) is 8.34. The Labute approximate surface area is 165 Å². The summed E-state index contributed by atoms with van der Waals surface area (Å²) in [7, 11) is 0. The molecule has 0 amide bonds. The Kier molecular flexibility index (Phi) is 45.9. The Morgan fingerprint density at radius 1 is 0.783 bits per heavy atom. The molecule has 0 aromatic carbocycles. The average Bonchev–Trinajstić information content (AvgIpc) is 3.33. The van der Waals surface area contributed by atoms with Crippen molar-refractivity contribution >= 4 is 22.6 Å². The Morgan fingerprint density at radius 3 is 1.22 bits per heavy atom. The van der Waals surface area contributed by atoms with Gasteiger partial charge in [0.1, 0.15) is 0 Å². The van der Waals surface area contributed by atoms with Gasteiger partial charge in [-0.2, -0.15) is 0 Å². The summed E-state index contributed by atoms with van der Waals surface area (Å²) in [5.41, 5.74) is 3.83. The molecule has 0 bridgehead atoms. The molecule has 0 radical (unpaired) electrons. The normalized spacial score (nSPS) is 11.7. The lowest BCUT2D eigenvalue weighted by Gasteiger charge is -2.01. The maximum Gasteiger partial charge on any atom is -0.0121 e. The third kappa shape index (κ3) is 34.7. The third-order valence-corrected chi connectivity index (χ3v) is 3.44. The lowest BCUT2D eigenvalue weighted by molar-refractivity contribution is 0.510. The molecule has 1 saturated carbocycles. The average molecular weight is 443 g/mol. The van der Waals surface area contributed by atoms with Crippen LogP contribution in [0.1, 0.15) is 122 Å². The smallest absolute Gasteiger partial charge is 0.0121 e. The molecule has 0 N–H and O–H groups in total. The zero-order valence-corrected chi connectivity index (χ0v) is 21.3. The van der Waals surface area contributed by atoms with E-state index in [1.807, 2.05) is 46.5 Å². The zero-order valence-electron chi connectivity index (χ0n) is 19.1. The molecule has 0 aromatic rings. The van der Waals surface area contributed by atoms with Crippen molar-refractivity contribution in [1.29, 1.82) is 0 Å². The van der Waals surface area contributed by atoms with E-state index in [0.717, 1.165) is 5.41 Å². The highest BCUT2D eigenvalue weighted by atomic mass is 127. The Bertz CT molecular complexity index is 196. The van der Waals surface area contributed by atoms with E-state index in [1.54, 1.807) is 5.57 Å². The lowest BCUT2D eigenvalue weighted by Crippen LogP contribution is -1.88. The number of allylic oxidation sites excluding steroid dienone is 2. The second-order valence-electron chi connectivity index (χ2n) is 5.59. The van der Waals surface area contributed by atoms with Gasteiger partial charge in [-0.1, -0.05) is 109 Å². The van der Waals surface area contributed by atoms with Crippen molar-refractivity contribution in [3.8, 4) is 0 Å². The fourth-order valence-electron chi connectivity index (χ4n) is 1.69. The molecule has 0 saturated heterocycles. The molecule has 0 unspecified atom stereocenters. The molecule has 0 nitrogen and oxygen atoms in total. The van der Waals surface area contributed by atoms with Crippen molar-refractivity contribution in [2.45, 2.75) is 122 Å². The van der Waals surface area contributed by atoms with Gasteiger partial charge < -0.3 is 0 Å². The molecule has 23 heavy (non-hydrogen) atoms. The molecule has 0 aliphatic heterocycles. The summed E-state index contributed by atoms with van der Waals surface area (Å²) >= 11 is 2.15. The molecular weight excluding hydrogens is 391 g/mol. The number of halogens is 1. The van der Waals surface area contributed by atoms with Gasteiger partial charge in [0.25, 0.3) is 0 Å². The summed E-state index contributed by atoms with van der Waals surface area (Å²) in [5.74, 6) is 0. The van der Waals surface area contributed by atoms with Gasteiger partial charge in [0.2, 0.25) is 0 Å². The van der Waals surface area contributed by atoms with Crippen LogP contribution in [-0.4, -0.2) is 4.93 Å². The topological polar surface area (TPSA) is 0 Å². The molecule has 1 fully saturated rings. The Balaban J connectivity index is -0.0000000657. The van der Waals surface area contributed by atoms with Crippen molar-refractivity contribution < 1.29 is 0 Å². The maximum atomic E-state index is 2.39. The second kappa shape index (κ2) is 30.4. The molecule has 1 heteroatoms. The van der Waals surface area contributed by atoms with Crippen LogP contribution >= 0.6 is 22.6 Å². The highest BCUT2D eigenvalue weighted by Gasteiger charge is 2.35. The van der Waals surface area contributed by atoms with E-state index < -0.39 is 0 Å². The van der Waals surface area contributed by atoms with Crippen LogP contribution < -0.4 is 0 Å². The predicted octanol–water partition coefficient (Wildman–Crippen LogP) is 9.86. The summed E-state index contributed by atoms with van der Waals surface area (Å²) in [6.45, 7) is 25.4. The standard InChI is InChI=1S/C8H16.C7H14.3C2H6.CH3I/c1-5-6-8(4)7(2)3;1-3-4-7(2)5-6-7;4*1-2/h5-6H2,1-4H3;3-6H2,1-2H3;3*1-2H3;1H3. The van der Waals surface area contributed by atoms with Gasteiger partial charge in [0.05, 0.1) is 0 Å². The molecule has 0 spiro atoms. The van der Waals surface area contributed by atoms with Crippen molar-refractivity contribution in [3.63, 3.8) is 0 Å². The highest BCUT2D eigenvalue weighted by molar-refractivity contribution is 14.1. The van der Waals surface area contributed by atoms with Crippen molar-refractivity contribution in [2.75, 3.05) is 4.93 Å². The van der Waals surface area contributed by atoms with Crippen molar-refractivity contribution in [3.05, 3.63) is 11.1 Å². The number of hydrogen-bond donors (Lipinski definition) is 0. The Hall–Kier alpha value is 0.470. The predicted molar refractivity (Wildman–Crippen MR) is 125 cm³/mol. The number of hydrogen-bond acceptors (Lipinski definition) is 0. The van der Waals surface area contributed by atoms with Gasteiger partial charge in [-0.25, -0.2) is 0 Å². The van der Waals surface area contributed by atoms with Crippen LogP contribution in [0.25, 0.3) is 0 Å². The third-order valence-electron chi connectivity index (χ3n) is 3.44. The minimum Gasteiger partial charge on any atom is -0.0901 e. The van der Waals surface area contributed by atoms with E-state index in [1.165, 1.54) is 44.1 Å². The first-order valence-corrected chi connectivity index (χ1v) is 12.1. The minimum absolute atomic E-state index is 0.800. The zero-order chi connectivity index (χ0) is 19.9. The van der Waals surface area contributed by atoms with Crippen molar-refractivity contribution in [1.82, 2.24) is 0 Å². The molecular formula is C22H51I. The van der Waals surface area contributed by atoms with Crippen LogP contribution in [-0.2, 0) is 0 Å². The summed E-state index contributed by atoms with van der Waals surface area (Å²) < 4.78 is 0. The van der Waals surface area contributed by atoms with Gasteiger partial charge in [0.15, 0.2) is 0 Å². The fourth-order valence-corrected chi connectivity index (χ4v) is 1.69. The van der Waals surface area contributed by atoms with Crippen LogP contribution in [0.4, 0.5) is 0 Å².